The van der Waals surface area contributed by atoms with Gasteiger partial charge in [0.15, 0.2) is 8.07 Å². The van der Waals surface area contributed by atoms with E-state index in [-0.39, 0.29) is 0 Å². The maximum atomic E-state index is 4.84. The van der Waals surface area contributed by atoms with Gasteiger partial charge in [-0.3, -0.25) is 4.98 Å². The van der Waals surface area contributed by atoms with E-state index in [1.807, 2.05) is 6.20 Å². The van der Waals surface area contributed by atoms with Gasteiger partial charge in [0.05, 0.1) is 5.69 Å². The Kier molecular flexibility index (Phi) is 5.83. The predicted molar refractivity (Wildman–Crippen MR) is 179 cm³/mol. The van der Waals surface area contributed by atoms with E-state index in [2.05, 4.69) is 169 Å². The van der Waals surface area contributed by atoms with Crippen LogP contribution in [0.3, 0.4) is 0 Å². The van der Waals surface area contributed by atoms with E-state index < -0.39 is 8.07 Å². The van der Waals surface area contributed by atoms with Crippen molar-refractivity contribution < 1.29 is 0 Å². The monoisotopic (exact) mass is 552 g/mol. The molecule has 0 N–H and O–H groups in total. The largest absolute Gasteiger partial charge is 0.311 e. The van der Waals surface area contributed by atoms with Crippen molar-refractivity contribution in [1.82, 2.24) is 4.98 Å². The molecule has 0 amide bonds. The summed E-state index contributed by atoms with van der Waals surface area (Å²) in [5, 5.41) is 7.94. The molecule has 0 saturated carbocycles. The molecule has 0 unspecified atom stereocenters. The van der Waals surface area contributed by atoms with Crippen LogP contribution in [-0.2, 0) is 0 Å². The van der Waals surface area contributed by atoms with E-state index in [0.29, 0.717) is 0 Å². The quantitative estimate of drug-likeness (QED) is 0.217. The second-order valence-corrected chi connectivity index (χ2v) is 14.5. The molecule has 6 aromatic carbocycles. The van der Waals surface area contributed by atoms with Gasteiger partial charge < -0.3 is 4.90 Å². The standard InChI is InChI=1S/C39H28N2Si/c1-3-17-32(18-4-1)42(33-19-5-2-6-20-33)37-24-11-9-22-35(37)41(36-23-10-12-25-38(36)42)31-16-13-15-30(28-31)39-34-21-8-7-14-29(34)26-27-40-39/h1-28H. The van der Waals surface area contributed by atoms with Gasteiger partial charge >= 0.3 is 0 Å². The maximum absolute atomic E-state index is 4.84. The summed E-state index contributed by atoms with van der Waals surface area (Å²) in [5.74, 6) is 0. The Bertz CT molecular complexity index is 1960. The summed E-state index contributed by atoms with van der Waals surface area (Å²) in [6.45, 7) is 0. The number of aromatic nitrogens is 1. The molecule has 0 saturated heterocycles. The van der Waals surface area contributed by atoms with E-state index in [9.17, 15) is 0 Å². The lowest BCUT2D eigenvalue weighted by Crippen LogP contribution is -2.77. The van der Waals surface area contributed by atoms with Crippen molar-refractivity contribution in [1.29, 1.82) is 0 Å². The van der Waals surface area contributed by atoms with Gasteiger partial charge in [0.2, 0.25) is 0 Å². The SMILES string of the molecule is c1ccc([Si]2(c3ccccc3)c3ccccc3N(c3cccc(-c4nccc5ccccc45)c3)c3ccccc32)cc1. The zero-order chi connectivity index (χ0) is 27.9. The van der Waals surface area contributed by atoms with Gasteiger partial charge in [0, 0.05) is 34.2 Å². The molecule has 7 aromatic rings. The van der Waals surface area contributed by atoms with Gasteiger partial charge in [-0.05, 0) is 56.5 Å². The van der Waals surface area contributed by atoms with Crippen LogP contribution in [0.5, 0.6) is 0 Å². The van der Waals surface area contributed by atoms with Gasteiger partial charge in [0.25, 0.3) is 0 Å². The summed E-state index contributed by atoms with van der Waals surface area (Å²) in [5.41, 5.74) is 5.72. The molecule has 1 aliphatic heterocycles. The number of hydrogen-bond donors (Lipinski definition) is 0. The van der Waals surface area contributed by atoms with E-state index >= 15 is 0 Å². The summed E-state index contributed by atoms with van der Waals surface area (Å²) >= 11 is 0. The Morgan fingerprint density at radius 3 is 1.71 bits per heavy atom. The van der Waals surface area contributed by atoms with Gasteiger partial charge in [0.1, 0.15) is 0 Å². The number of anilines is 3. The number of nitrogens with zero attached hydrogens (tertiary/aromatic N) is 2. The van der Waals surface area contributed by atoms with Gasteiger partial charge in [-0.1, -0.05) is 133 Å². The summed E-state index contributed by atoms with van der Waals surface area (Å²) in [6.07, 6.45) is 1.91. The Hall–Kier alpha value is -5.25. The Labute approximate surface area is 247 Å². The molecule has 0 fully saturated rings. The third-order valence-corrected chi connectivity index (χ3v) is 13.4. The first-order chi connectivity index (χ1) is 20.9. The molecule has 198 valence electrons. The van der Waals surface area contributed by atoms with Gasteiger partial charge in [-0.2, -0.15) is 0 Å². The minimum Gasteiger partial charge on any atom is -0.311 e. The summed E-state index contributed by atoms with van der Waals surface area (Å²) in [4.78, 5) is 7.30. The topological polar surface area (TPSA) is 16.1 Å². The number of rotatable bonds is 4. The zero-order valence-electron chi connectivity index (χ0n) is 23.1. The fraction of sp³-hybridized carbons (Fsp3) is 0. The van der Waals surface area contributed by atoms with Crippen LogP contribution in [-0.4, -0.2) is 13.1 Å². The lowest BCUT2D eigenvalue weighted by Gasteiger charge is -2.45. The molecule has 0 radical (unpaired) electrons. The molecule has 42 heavy (non-hydrogen) atoms. The molecule has 1 aliphatic rings. The maximum Gasteiger partial charge on any atom is 0.184 e. The Balaban J connectivity index is 1.41. The normalized spacial score (nSPS) is 13.4. The predicted octanol–water partition coefficient (Wildman–Crippen LogP) is 7.06. The first kappa shape index (κ1) is 24.5. The van der Waals surface area contributed by atoms with Crippen LogP contribution < -0.4 is 25.6 Å². The van der Waals surface area contributed by atoms with Crippen LogP contribution in [0, 0.1) is 0 Å². The van der Waals surface area contributed by atoms with Crippen LogP contribution in [0.25, 0.3) is 22.0 Å². The second-order valence-electron chi connectivity index (χ2n) is 10.8. The Morgan fingerprint density at radius 1 is 0.476 bits per heavy atom. The lowest BCUT2D eigenvalue weighted by molar-refractivity contribution is 1.28. The van der Waals surface area contributed by atoms with Gasteiger partial charge in [-0.15, -0.1) is 0 Å². The fourth-order valence-corrected chi connectivity index (χ4v) is 11.9. The van der Waals surface area contributed by atoms with Crippen molar-refractivity contribution in [2.75, 3.05) is 4.90 Å². The molecule has 8 rings (SSSR count). The highest BCUT2D eigenvalue weighted by Gasteiger charge is 2.48. The second kappa shape index (κ2) is 9.98. The van der Waals surface area contributed by atoms with Crippen LogP contribution in [0.1, 0.15) is 0 Å². The molecular weight excluding hydrogens is 525 g/mol. The van der Waals surface area contributed by atoms with Crippen molar-refractivity contribution in [3.8, 4) is 11.3 Å². The van der Waals surface area contributed by atoms with E-state index in [0.717, 1.165) is 22.3 Å². The molecule has 1 aromatic heterocycles. The molecule has 0 aliphatic carbocycles. The molecule has 3 heteroatoms. The number of fused-ring (bicyclic) bond motifs is 3. The van der Waals surface area contributed by atoms with E-state index in [4.69, 9.17) is 4.98 Å². The molecule has 0 atom stereocenters. The average molecular weight is 553 g/mol. The van der Waals surface area contributed by atoms with Crippen molar-refractivity contribution in [2.45, 2.75) is 0 Å². The molecule has 0 bridgehead atoms. The fourth-order valence-electron chi connectivity index (χ4n) is 6.83. The smallest absolute Gasteiger partial charge is 0.184 e. The van der Waals surface area contributed by atoms with E-state index in [1.165, 1.54) is 37.5 Å². The van der Waals surface area contributed by atoms with Crippen molar-refractivity contribution >= 4 is 56.7 Å². The zero-order valence-corrected chi connectivity index (χ0v) is 24.1. The molecule has 0 spiro atoms. The summed E-state index contributed by atoms with van der Waals surface area (Å²) in [6, 6.07) is 59.8. The summed E-state index contributed by atoms with van der Waals surface area (Å²) in [7, 11) is -2.62. The minimum atomic E-state index is -2.62. The number of para-hydroxylation sites is 2. The van der Waals surface area contributed by atoms with E-state index in [1.54, 1.807) is 0 Å². The summed E-state index contributed by atoms with van der Waals surface area (Å²) < 4.78 is 0. The first-order valence-corrected chi connectivity index (χ1v) is 16.4. The Morgan fingerprint density at radius 2 is 1.05 bits per heavy atom. The lowest BCUT2D eigenvalue weighted by atomic mass is 10.0. The first-order valence-electron chi connectivity index (χ1n) is 14.4. The molecule has 2 heterocycles. The third-order valence-electron chi connectivity index (χ3n) is 8.56. The highest BCUT2D eigenvalue weighted by molar-refractivity contribution is 7.21. The van der Waals surface area contributed by atoms with Crippen LogP contribution in [0.4, 0.5) is 17.1 Å². The highest BCUT2D eigenvalue weighted by atomic mass is 28.3. The van der Waals surface area contributed by atoms with Crippen molar-refractivity contribution in [3.63, 3.8) is 0 Å². The average Bonchev–Trinajstić information content (AvgIpc) is 3.08. The molecular formula is C39H28N2Si. The number of pyridine rings is 1. The third kappa shape index (κ3) is 3.68. The van der Waals surface area contributed by atoms with Crippen LogP contribution in [0.2, 0.25) is 0 Å². The van der Waals surface area contributed by atoms with Crippen LogP contribution >= 0.6 is 0 Å². The number of hydrogen-bond acceptors (Lipinski definition) is 2. The number of benzene rings is 6. The minimum absolute atomic E-state index is 1.01. The van der Waals surface area contributed by atoms with Crippen molar-refractivity contribution in [2.24, 2.45) is 0 Å². The molecule has 2 nitrogen and oxygen atoms in total. The van der Waals surface area contributed by atoms with Crippen LogP contribution in [0.15, 0.2) is 170 Å². The van der Waals surface area contributed by atoms with Crippen molar-refractivity contribution in [3.05, 3.63) is 170 Å². The highest BCUT2D eigenvalue weighted by Crippen LogP contribution is 2.39. The van der Waals surface area contributed by atoms with Gasteiger partial charge in [-0.25, -0.2) is 0 Å².